The average Bonchev–Trinajstić information content (AvgIpc) is 1.96. The zero-order valence-electron chi connectivity index (χ0n) is 7.41. The zero-order valence-corrected chi connectivity index (χ0v) is 7.41. The van der Waals surface area contributed by atoms with E-state index in [9.17, 15) is 0 Å². The van der Waals surface area contributed by atoms with Crippen molar-refractivity contribution < 1.29 is 5.11 Å². The molecule has 0 aliphatic heterocycles. The fourth-order valence-electron chi connectivity index (χ4n) is 1.07. The highest BCUT2D eigenvalue weighted by molar-refractivity contribution is 5.53. The van der Waals surface area contributed by atoms with Gasteiger partial charge in [-0.25, -0.2) is 0 Å². The molecule has 0 unspecified atom stereocenters. The molecule has 0 aromatic heterocycles. The molecule has 0 bridgehead atoms. The first-order valence-corrected chi connectivity index (χ1v) is 3.81. The van der Waals surface area contributed by atoms with Crippen LogP contribution in [0.3, 0.4) is 0 Å². The van der Waals surface area contributed by atoms with E-state index >= 15 is 0 Å². The lowest BCUT2D eigenvalue weighted by atomic mass is 10.2. The van der Waals surface area contributed by atoms with Crippen LogP contribution in [0, 0.1) is 0 Å². The summed E-state index contributed by atoms with van der Waals surface area (Å²) in [6.45, 7) is 0.838. The summed E-state index contributed by atoms with van der Waals surface area (Å²) in [5, 5.41) is 9.14. The van der Waals surface area contributed by atoms with Crippen molar-refractivity contribution in [2.75, 3.05) is 19.8 Å². The highest BCUT2D eigenvalue weighted by atomic mass is 16.3. The number of aromatic hydroxyl groups is 1. The smallest absolute Gasteiger partial charge is 0.138 e. The first-order valence-electron chi connectivity index (χ1n) is 3.81. The van der Waals surface area contributed by atoms with Crippen molar-refractivity contribution >= 4 is 5.69 Å². The molecule has 1 aromatic rings. The van der Waals surface area contributed by atoms with Crippen LogP contribution in [0.4, 0.5) is 5.69 Å². The number of phenols is 1. The Kier molecular flexibility index (Phi) is 2.55. The van der Waals surface area contributed by atoms with E-state index in [1.807, 2.05) is 25.1 Å². The Hall–Kier alpha value is -1.22. The normalized spacial score (nSPS) is 10.6. The molecule has 0 spiro atoms. The lowest BCUT2D eigenvalue weighted by molar-refractivity contribution is 0.402. The molecule has 3 N–H and O–H groups in total. The van der Waals surface area contributed by atoms with Gasteiger partial charge in [0.25, 0.3) is 0 Å². The van der Waals surface area contributed by atoms with Crippen molar-refractivity contribution in [1.82, 2.24) is 4.90 Å². The minimum absolute atomic E-state index is 0.150. The number of nitrogens with two attached hydrogens (primary N) is 1. The second kappa shape index (κ2) is 3.45. The largest absolute Gasteiger partial charge is 0.506 e. The van der Waals surface area contributed by atoms with Crippen molar-refractivity contribution in [1.29, 1.82) is 0 Å². The van der Waals surface area contributed by atoms with Crippen molar-refractivity contribution in [3.05, 3.63) is 23.8 Å². The van der Waals surface area contributed by atoms with Gasteiger partial charge in [-0.15, -0.1) is 0 Å². The summed E-state index contributed by atoms with van der Waals surface area (Å²) in [5.41, 5.74) is 7.07. The van der Waals surface area contributed by atoms with Gasteiger partial charge in [0, 0.05) is 6.54 Å². The first kappa shape index (κ1) is 8.87. The van der Waals surface area contributed by atoms with Crippen molar-refractivity contribution in [2.24, 2.45) is 0 Å². The molecule has 1 rings (SSSR count). The van der Waals surface area contributed by atoms with Gasteiger partial charge in [0.05, 0.1) is 5.69 Å². The van der Waals surface area contributed by atoms with Gasteiger partial charge in [-0.3, -0.25) is 0 Å². The first-order chi connectivity index (χ1) is 5.59. The summed E-state index contributed by atoms with van der Waals surface area (Å²) in [4.78, 5) is 2.05. The third-order valence-corrected chi connectivity index (χ3v) is 1.59. The fourth-order valence-corrected chi connectivity index (χ4v) is 1.07. The summed E-state index contributed by atoms with van der Waals surface area (Å²) < 4.78 is 0. The molecule has 1 aromatic carbocycles. The Morgan fingerprint density at radius 1 is 1.42 bits per heavy atom. The van der Waals surface area contributed by atoms with Crippen LogP contribution in [-0.2, 0) is 6.54 Å². The minimum Gasteiger partial charge on any atom is -0.506 e. The highest BCUT2D eigenvalue weighted by Gasteiger charge is 1.99. The third-order valence-electron chi connectivity index (χ3n) is 1.59. The molecular weight excluding hydrogens is 152 g/mol. The van der Waals surface area contributed by atoms with Crippen LogP contribution in [-0.4, -0.2) is 24.1 Å². The Morgan fingerprint density at radius 2 is 2.08 bits per heavy atom. The van der Waals surface area contributed by atoms with Crippen LogP contribution in [0.2, 0.25) is 0 Å². The number of anilines is 1. The van der Waals surface area contributed by atoms with Crippen LogP contribution in [0.5, 0.6) is 5.75 Å². The van der Waals surface area contributed by atoms with Crippen LogP contribution >= 0.6 is 0 Å². The number of rotatable bonds is 2. The highest BCUT2D eigenvalue weighted by Crippen LogP contribution is 2.20. The quantitative estimate of drug-likeness (QED) is 0.509. The Labute approximate surface area is 72.4 Å². The number of benzene rings is 1. The lowest BCUT2D eigenvalue weighted by Gasteiger charge is -2.10. The number of hydrogen-bond acceptors (Lipinski definition) is 3. The van der Waals surface area contributed by atoms with Crippen LogP contribution in [0.25, 0.3) is 0 Å². The molecule has 0 saturated carbocycles. The molecule has 0 aliphatic carbocycles. The van der Waals surface area contributed by atoms with Crippen LogP contribution in [0.1, 0.15) is 5.56 Å². The average molecular weight is 166 g/mol. The predicted octanol–water partition coefficient (Wildman–Crippen LogP) is 1.04. The van der Waals surface area contributed by atoms with E-state index in [1.165, 1.54) is 0 Å². The van der Waals surface area contributed by atoms with Gasteiger partial charge >= 0.3 is 0 Å². The summed E-state index contributed by atoms with van der Waals surface area (Å²) in [7, 11) is 3.98. The van der Waals surface area contributed by atoms with Gasteiger partial charge in [0.15, 0.2) is 0 Å². The van der Waals surface area contributed by atoms with Gasteiger partial charge in [-0.2, -0.15) is 0 Å². The molecule has 0 saturated heterocycles. The van der Waals surface area contributed by atoms with E-state index in [1.54, 1.807) is 12.1 Å². The number of phenolic OH excluding ortho intramolecular Hbond substituents is 1. The SMILES string of the molecule is CN(C)Cc1ccc(O)c(N)c1. The van der Waals surface area contributed by atoms with Crippen molar-refractivity contribution in [3.8, 4) is 5.75 Å². The van der Waals surface area contributed by atoms with E-state index in [2.05, 4.69) is 0 Å². The Morgan fingerprint density at radius 3 is 2.58 bits per heavy atom. The van der Waals surface area contributed by atoms with Gasteiger partial charge in [-0.1, -0.05) is 6.07 Å². The van der Waals surface area contributed by atoms with Gasteiger partial charge in [0.2, 0.25) is 0 Å². The maximum absolute atomic E-state index is 9.14. The summed E-state index contributed by atoms with van der Waals surface area (Å²) in [5.74, 6) is 0.150. The van der Waals surface area contributed by atoms with E-state index in [4.69, 9.17) is 10.8 Å². The monoisotopic (exact) mass is 166 g/mol. The molecule has 3 heteroatoms. The predicted molar refractivity (Wildman–Crippen MR) is 49.9 cm³/mol. The molecule has 0 radical (unpaired) electrons. The number of hydrogen-bond donors (Lipinski definition) is 2. The van der Waals surface area contributed by atoms with Crippen LogP contribution < -0.4 is 5.73 Å². The number of nitrogen functional groups attached to an aromatic ring is 1. The zero-order chi connectivity index (χ0) is 9.14. The topological polar surface area (TPSA) is 49.5 Å². The second-order valence-corrected chi connectivity index (χ2v) is 3.13. The molecule has 12 heavy (non-hydrogen) atoms. The van der Waals surface area contributed by atoms with Crippen molar-refractivity contribution in [3.63, 3.8) is 0 Å². The molecule has 66 valence electrons. The van der Waals surface area contributed by atoms with Gasteiger partial charge in [0.1, 0.15) is 5.75 Å². The lowest BCUT2D eigenvalue weighted by Crippen LogP contribution is -2.10. The Bertz CT molecular complexity index is 271. The maximum atomic E-state index is 9.14. The minimum atomic E-state index is 0.150. The maximum Gasteiger partial charge on any atom is 0.138 e. The molecule has 0 atom stereocenters. The summed E-state index contributed by atoms with van der Waals surface area (Å²) >= 11 is 0. The molecule has 0 aliphatic rings. The van der Waals surface area contributed by atoms with E-state index in [0.717, 1.165) is 12.1 Å². The van der Waals surface area contributed by atoms with Crippen molar-refractivity contribution in [2.45, 2.75) is 6.54 Å². The summed E-state index contributed by atoms with van der Waals surface area (Å²) in [6, 6.07) is 5.27. The molecular formula is C9H14N2O. The molecule has 0 amide bonds. The summed E-state index contributed by atoms with van der Waals surface area (Å²) in [6.07, 6.45) is 0. The standard InChI is InChI=1S/C9H14N2O/c1-11(2)6-7-3-4-9(12)8(10)5-7/h3-5,12H,6,10H2,1-2H3. The number of nitrogens with zero attached hydrogens (tertiary/aromatic N) is 1. The molecule has 0 heterocycles. The molecule has 3 nitrogen and oxygen atoms in total. The van der Waals surface area contributed by atoms with Gasteiger partial charge < -0.3 is 15.7 Å². The second-order valence-electron chi connectivity index (χ2n) is 3.13. The van der Waals surface area contributed by atoms with Gasteiger partial charge in [-0.05, 0) is 31.8 Å². The van der Waals surface area contributed by atoms with E-state index < -0.39 is 0 Å². The van der Waals surface area contributed by atoms with E-state index in [-0.39, 0.29) is 5.75 Å². The third kappa shape index (κ3) is 2.13. The fraction of sp³-hybridized carbons (Fsp3) is 0.333. The Balaban J connectivity index is 2.82. The van der Waals surface area contributed by atoms with E-state index in [0.29, 0.717) is 5.69 Å². The molecule has 0 fully saturated rings. The van der Waals surface area contributed by atoms with Crippen LogP contribution in [0.15, 0.2) is 18.2 Å².